The van der Waals surface area contributed by atoms with Crippen LogP contribution in [0.3, 0.4) is 0 Å². The molecule has 23 heavy (non-hydrogen) atoms. The zero-order chi connectivity index (χ0) is 17.2. The Morgan fingerprint density at radius 1 is 0.565 bits per heavy atom. The summed E-state index contributed by atoms with van der Waals surface area (Å²) in [6.45, 7) is 10.8. The summed E-state index contributed by atoms with van der Waals surface area (Å²) in [5, 5.41) is 0. The van der Waals surface area contributed by atoms with Crippen molar-refractivity contribution in [2.24, 2.45) is 0 Å². The molecule has 0 aliphatic carbocycles. The second-order valence-electron chi connectivity index (χ2n) is 8.36. The predicted molar refractivity (Wildman–Crippen MR) is 102 cm³/mol. The van der Waals surface area contributed by atoms with Crippen molar-refractivity contribution in [1.82, 2.24) is 0 Å². The molecule has 0 radical (unpaired) electrons. The van der Waals surface area contributed by atoms with Gasteiger partial charge in [-0.1, -0.05) is 84.0 Å². The van der Waals surface area contributed by atoms with E-state index in [4.69, 9.17) is 9.31 Å². The van der Waals surface area contributed by atoms with Crippen LogP contribution in [0, 0.1) is 0 Å². The van der Waals surface area contributed by atoms with Crippen molar-refractivity contribution < 1.29 is 9.31 Å². The summed E-state index contributed by atoms with van der Waals surface area (Å²) in [6, 6.07) is 0. The van der Waals surface area contributed by atoms with E-state index in [9.17, 15) is 0 Å². The highest BCUT2D eigenvalue weighted by atomic mass is 16.7. The van der Waals surface area contributed by atoms with Crippen LogP contribution in [0.5, 0.6) is 0 Å². The third kappa shape index (κ3) is 8.07. The quantitative estimate of drug-likeness (QED) is 0.274. The van der Waals surface area contributed by atoms with E-state index in [-0.39, 0.29) is 18.3 Å². The van der Waals surface area contributed by atoms with E-state index >= 15 is 0 Å². The van der Waals surface area contributed by atoms with Crippen molar-refractivity contribution in [3.05, 3.63) is 0 Å². The average Bonchev–Trinajstić information content (AvgIpc) is 2.68. The van der Waals surface area contributed by atoms with Crippen LogP contribution in [0.15, 0.2) is 0 Å². The highest BCUT2D eigenvalue weighted by Gasteiger charge is 2.50. The van der Waals surface area contributed by atoms with Crippen molar-refractivity contribution >= 4 is 7.12 Å². The molecule has 0 aromatic rings. The van der Waals surface area contributed by atoms with Crippen LogP contribution in [-0.4, -0.2) is 18.3 Å². The molecule has 1 saturated heterocycles. The van der Waals surface area contributed by atoms with E-state index in [1.54, 1.807) is 0 Å². The first-order valence-corrected chi connectivity index (χ1v) is 10.2. The van der Waals surface area contributed by atoms with Crippen molar-refractivity contribution in [2.75, 3.05) is 0 Å². The standard InChI is InChI=1S/C20H41BO2/c1-6-7-8-9-10-11-12-13-14-15-16-17-18-21-22-19(2,3)20(4,5)23-21/h6-18H2,1-5H3. The van der Waals surface area contributed by atoms with Crippen LogP contribution in [0.25, 0.3) is 0 Å². The van der Waals surface area contributed by atoms with Crippen molar-refractivity contribution in [1.29, 1.82) is 0 Å². The Morgan fingerprint density at radius 3 is 1.30 bits per heavy atom. The summed E-state index contributed by atoms with van der Waals surface area (Å²) in [4.78, 5) is 0. The van der Waals surface area contributed by atoms with Gasteiger partial charge in [-0.15, -0.1) is 0 Å². The minimum Gasteiger partial charge on any atom is -0.403 e. The Hall–Kier alpha value is -0.0151. The number of hydrogen-bond acceptors (Lipinski definition) is 2. The molecule has 1 rings (SSSR count). The van der Waals surface area contributed by atoms with Gasteiger partial charge in [-0.25, -0.2) is 0 Å². The van der Waals surface area contributed by atoms with Crippen LogP contribution in [0.4, 0.5) is 0 Å². The summed E-state index contributed by atoms with van der Waals surface area (Å²) >= 11 is 0. The van der Waals surface area contributed by atoms with E-state index in [0.717, 1.165) is 6.32 Å². The fourth-order valence-corrected chi connectivity index (χ4v) is 3.23. The number of unbranched alkanes of at least 4 members (excludes halogenated alkanes) is 11. The zero-order valence-electron chi connectivity index (χ0n) is 16.6. The Bertz CT molecular complexity index is 286. The lowest BCUT2D eigenvalue weighted by molar-refractivity contribution is 0.00578. The molecule has 0 amide bonds. The third-order valence-corrected chi connectivity index (χ3v) is 5.60. The van der Waals surface area contributed by atoms with Crippen molar-refractivity contribution in [2.45, 2.75) is 129 Å². The van der Waals surface area contributed by atoms with Gasteiger partial charge in [0.25, 0.3) is 0 Å². The highest BCUT2D eigenvalue weighted by Crippen LogP contribution is 2.38. The van der Waals surface area contributed by atoms with Gasteiger partial charge in [0.15, 0.2) is 0 Å². The van der Waals surface area contributed by atoms with Crippen molar-refractivity contribution in [3.8, 4) is 0 Å². The highest BCUT2D eigenvalue weighted by molar-refractivity contribution is 6.45. The molecular weight excluding hydrogens is 283 g/mol. The molecule has 0 aromatic heterocycles. The lowest BCUT2D eigenvalue weighted by Crippen LogP contribution is -2.41. The normalized spacial score (nSPS) is 19.4. The van der Waals surface area contributed by atoms with Gasteiger partial charge >= 0.3 is 7.12 Å². The molecule has 1 aliphatic heterocycles. The largest absolute Gasteiger partial charge is 0.457 e. The maximum absolute atomic E-state index is 6.04. The van der Waals surface area contributed by atoms with Gasteiger partial charge in [-0.3, -0.25) is 0 Å². The van der Waals surface area contributed by atoms with Gasteiger partial charge < -0.3 is 9.31 Å². The first-order valence-electron chi connectivity index (χ1n) is 10.2. The summed E-state index contributed by atoms with van der Waals surface area (Å²) in [7, 11) is 0.00289. The van der Waals surface area contributed by atoms with Crippen LogP contribution in [0.1, 0.15) is 112 Å². The Kier molecular flexibility index (Phi) is 9.84. The van der Waals surface area contributed by atoms with Crippen LogP contribution >= 0.6 is 0 Å². The molecule has 0 bridgehead atoms. The zero-order valence-corrected chi connectivity index (χ0v) is 16.6. The van der Waals surface area contributed by atoms with Crippen molar-refractivity contribution in [3.63, 3.8) is 0 Å². The molecule has 1 fully saturated rings. The van der Waals surface area contributed by atoms with E-state index in [0.29, 0.717) is 0 Å². The third-order valence-electron chi connectivity index (χ3n) is 5.60. The molecule has 0 aromatic carbocycles. The molecule has 1 aliphatic rings. The van der Waals surface area contributed by atoms with Crippen LogP contribution in [-0.2, 0) is 9.31 Å². The summed E-state index contributed by atoms with van der Waals surface area (Å²) in [5.74, 6) is 0. The first kappa shape index (κ1) is 21.0. The molecule has 136 valence electrons. The summed E-state index contributed by atoms with van der Waals surface area (Å²) in [6.07, 6.45) is 17.8. The molecule has 2 nitrogen and oxygen atoms in total. The topological polar surface area (TPSA) is 18.5 Å². The average molecular weight is 324 g/mol. The SMILES string of the molecule is CCCCCCCCCCCCCCB1OC(C)(C)C(C)(C)O1. The maximum atomic E-state index is 6.04. The van der Waals surface area contributed by atoms with Gasteiger partial charge in [0.2, 0.25) is 0 Å². The Labute approximate surface area is 146 Å². The van der Waals surface area contributed by atoms with Gasteiger partial charge in [0.05, 0.1) is 11.2 Å². The molecule has 0 atom stereocenters. The Morgan fingerprint density at radius 2 is 0.913 bits per heavy atom. The molecule has 1 heterocycles. The lowest BCUT2D eigenvalue weighted by Gasteiger charge is -2.32. The summed E-state index contributed by atoms with van der Waals surface area (Å²) < 4.78 is 12.1. The molecule has 0 spiro atoms. The lowest BCUT2D eigenvalue weighted by atomic mass is 9.82. The smallest absolute Gasteiger partial charge is 0.403 e. The van der Waals surface area contributed by atoms with Gasteiger partial charge in [0, 0.05) is 0 Å². The van der Waals surface area contributed by atoms with Gasteiger partial charge in [-0.2, -0.15) is 0 Å². The van der Waals surface area contributed by atoms with E-state index in [1.165, 1.54) is 77.0 Å². The fourth-order valence-electron chi connectivity index (χ4n) is 3.23. The number of hydrogen-bond donors (Lipinski definition) is 0. The fraction of sp³-hybridized carbons (Fsp3) is 1.00. The first-order chi connectivity index (χ1) is 10.9. The van der Waals surface area contributed by atoms with E-state index < -0.39 is 0 Å². The minimum atomic E-state index is -0.172. The molecule has 0 saturated carbocycles. The molecule has 0 unspecified atom stereocenters. The monoisotopic (exact) mass is 324 g/mol. The summed E-state index contributed by atoms with van der Waals surface area (Å²) in [5.41, 5.74) is -0.344. The van der Waals surface area contributed by atoms with E-state index in [1.807, 2.05) is 0 Å². The van der Waals surface area contributed by atoms with Crippen LogP contribution in [0.2, 0.25) is 6.32 Å². The van der Waals surface area contributed by atoms with Crippen LogP contribution < -0.4 is 0 Å². The van der Waals surface area contributed by atoms with Gasteiger partial charge in [0.1, 0.15) is 0 Å². The maximum Gasteiger partial charge on any atom is 0.457 e. The van der Waals surface area contributed by atoms with Gasteiger partial charge in [-0.05, 0) is 34.0 Å². The number of rotatable bonds is 13. The minimum absolute atomic E-state index is 0.00289. The second-order valence-corrected chi connectivity index (χ2v) is 8.36. The second kappa shape index (κ2) is 10.8. The molecule has 3 heteroatoms. The Balaban J connectivity index is 1.87. The molecule has 0 N–H and O–H groups in total. The predicted octanol–water partition coefficient (Wildman–Crippen LogP) is 6.78. The molecular formula is C20H41BO2. The van der Waals surface area contributed by atoms with E-state index in [2.05, 4.69) is 34.6 Å².